The summed E-state index contributed by atoms with van der Waals surface area (Å²) >= 11 is 0. The predicted molar refractivity (Wildman–Crippen MR) is 55.3 cm³/mol. The van der Waals surface area contributed by atoms with Crippen molar-refractivity contribution < 1.29 is 4.42 Å². The van der Waals surface area contributed by atoms with Gasteiger partial charge in [-0.25, -0.2) is 9.97 Å². The zero-order valence-corrected chi connectivity index (χ0v) is 8.74. The summed E-state index contributed by atoms with van der Waals surface area (Å²) in [6.07, 6.45) is 4.27. The van der Waals surface area contributed by atoms with Gasteiger partial charge in [0.05, 0.1) is 0 Å². The molecule has 2 aromatic heterocycles. The van der Waals surface area contributed by atoms with Crippen molar-refractivity contribution in [3.63, 3.8) is 0 Å². The monoisotopic (exact) mass is 190 g/mol. The summed E-state index contributed by atoms with van der Waals surface area (Å²) < 4.78 is 5.64. The Morgan fingerprint density at radius 1 is 1.29 bits per heavy atom. The lowest BCUT2D eigenvalue weighted by atomic mass is 10.0. The molecule has 3 nitrogen and oxygen atoms in total. The van der Waals surface area contributed by atoms with Gasteiger partial charge in [0.1, 0.15) is 11.3 Å². The molecule has 0 bridgehead atoms. The van der Waals surface area contributed by atoms with E-state index in [2.05, 4.69) is 30.7 Å². The first-order valence-electron chi connectivity index (χ1n) is 4.96. The molecule has 2 heterocycles. The van der Waals surface area contributed by atoms with Crippen LogP contribution in [0.3, 0.4) is 0 Å². The summed E-state index contributed by atoms with van der Waals surface area (Å²) in [4.78, 5) is 8.48. The second-order valence-corrected chi connectivity index (χ2v) is 3.66. The third-order valence-electron chi connectivity index (χ3n) is 2.34. The van der Waals surface area contributed by atoms with Crippen molar-refractivity contribution >= 4 is 11.2 Å². The van der Waals surface area contributed by atoms with E-state index in [1.165, 1.54) is 5.56 Å². The summed E-state index contributed by atoms with van der Waals surface area (Å²) in [5.74, 6) is 1.45. The van der Waals surface area contributed by atoms with Crippen LogP contribution in [-0.4, -0.2) is 9.97 Å². The van der Waals surface area contributed by atoms with E-state index in [1.54, 1.807) is 12.4 Å². The minimum atomic E-state index is 0.433. The molecule has 0 radical (unpaired) electrons. The highest BCUT2D eigenvalue weighted by Crippen LogP contribution is 2.29. The van der Waals surface area contributed by atoms with Crippen molar-refractivity contribution in [1.82, 2.24) is 9.97 Å². The Morgan fingerprint density at radius 3 is 2.64 bits per heavy atom. The molecule has 0 spiro atoms. The molecule has 74 valence electrons. The highest BCUT2D eigenvalue weighted by Gasteiger charge is 2.16. The van der Waals surface area contributed by atoms with E-state index in [9.17, 15) is 0 Å². The highest BCUT2D eigenvalue weighted by molar-refractivity contribution is 5.74. The van der Waals surface area contributed by atoms with Crippen LogP contribution in [0.5, 0.6) is 0 Å². The number of hydrogen-bond acceptors (Lipinski definition) is 3. The van der Waals surface area contributed by atoms with Crippen molar-refractivity contribution in [2.75, 3.05) is 0 Å². The van der Waals surface area contributed by atoms with Crippen LogP contribution in [0.15, 0.2) is 16.8 Å². The summed E-state index contributed by atoms with van der Waals surface area (Å²) in [6.45, 7) is 6.39. The molecule has 3 heteroatoms. The lowest BCUT2D eigenvalue weighted by molar-refractivity contribution is 0.537. The van der Waals surface area contributed by atoms with Gasteiger partial charge in [0, 0.05) is 24.4 Å². The van der Waals surface area contributed by atoms with E-state index in [4.69, 9.17) is 4.42 Å². The van der Waals surface area contributed by atoms with E-state index in [0.29, 0.717) is 11.6 Å². The molecule has 14 heavy (non-hydrogen) atoms. The van der Waals surface area contributed by atoms with Gasteiger partial charge in [0.25, 0.3) is 0 Å². The lowest BCUT2D eigenvalue weighted by Gasteiger charge is -2.02. The van der Waals surface area contributed by atoms with Crippen molar-refractivity contribution in [2.45, 2.75) is 33.1 Å². The average Bonchev–Trinajstić information content (AvgIpc) is 2.55. The fourth-order valence-electron chi connectivity index (χ4n) is 1.75. The van der Waals surface area contributed by atoms with E-state index in [-0.39, 0.29) is 0 Å². The Hall–Kier alpha value is -1.38. The van der Waals surface area contributed by atoms with E-state index >= 15 is 0 Å². The second kappa shape index (κ2) is 3.40. The molecule has 0 N–H and O–H groups in total. The van der Waals surface area contributed by atoms with E-state index in [0.717, 1.165) is 17.7 Å². The third kappa shape index (κ3) is 1.29. The van der Waals surface area contributed by atoms with Crippen LogP contribution < -0.4 is 0 Å². The van der Waals surface area contributed by atoms with Gasteiger partial charge in [-0.3, -0.25) is 0 Å². The van der Waals surface area contributed by atoms with Gasteiger partial charge in [0.2, 0.25) is 5.71 Å². The maximum Gasteiger partial charge on any atom is 0.245 e. The van der Waals surface area contributed by atoms with Crippen LogP contribution >= 0.6 is 0 Å². The lowest BCUT2D eigenvalue weighted by Crippen LogP contribution is -1.91. The van der Waals surface area contributed by atoms with Crippen molar-refractivity contribution in [3.8, 4) is 0 Å². The average molecular weight is 190 g/mol. The predicted octanol–water partition coefficient (Wildman–Crippen LogP) is 2.91. The first-order chi connectivity index (χ1) is 6.74. The molecule has 0 saturated carbocycles. The number of furan rings is 1. The number of fused-ring (bicyclic) bond motifs is 1. The molecule has 2 rings (SSSR count). The number of nitrogens with zero attached hydrogens (tertiary/aromatic N) is 2. The van der Waals surface area contributed by atoms with Gasteiger partial charge in [-0.15, -0.1) is 0 Å². The number of aryl methyl sites for hydroxylation is 1. The molecule has 0 aromatic carbocycles. The van der Waals surface area contributed by atoms with Crippen LogP contribution in [0, 0.1) is 0 Å². The smallest absolute Gasteiger partial charge is 0.245 e. The number of aromatic nitrogens is 2. The minimum Gasteiger partial charge on any atom is -0.441 e. The molecule has 2 aromatic rings. The maximum absolute atomic E-state index is 5.64. The zero-order chi connectivity index (χ0) is 10.1. The second-order valence-electron chi connectivity index (χ2n) is 3.66. The SMILES string of the molecule is CCc1oc2nccnc2c1C(C)C. The quantitative estimate of drug-likeness (QED) is 0.730. The van der Waals surface area contributed by atoms with Crippen LogP contribution in [0.1, 0.15) is 38.0 Å². The molecule has 0 unspecified atom stereocenters. The minimum absolute atomic E-state index is 0.433. The van der Waals surface area contributed by atoms with Gasteiger partial charge >= 0.3 is 0 Å². The van der Waals surface area contributed by atoms with Gasteiger partial charge in [0.15, 0.2) is 0 Å². The zero-order valence-electron chi connectivity index (χ0n) is 8.74. The van der Waals surface area contributed by atoms with Gasteiger partial charge < -0.3 is 4.42 Å². The molecular formula is C11H14N2O. The fourth-order valence-corrected chi connectivity index (χ4v) is 1.75. The largest absolute Gasteiger partial charge is 0.441 e. The Morgan fingerprint density at radius 2 is 2.00 bits per heavy atom. The third-order valence-corrected chi connectivity index (χ3v) is 2.34. The molecule has 0 amide bonds. The van der Waals surface area contributed by atoms with Crippen molar-refractivity contribution in [1.29, 1.82) is 0 Å². The van der Waals surface area contributed by atoms with Gasteiger partial charge in [-0.2, -0.15) is 0 Å². The van der Waals surface area contributed by atoms with Crippen LogP contribution in [0.25, 0.3) is 11.2 Å². The summed E-state index contributed by atoms with van der Waals surface area (Å²) in [5.41, 5.74) is 2.78. The summed E-state index contributed by atoms with van der Waals surface area (Å²) in [7, 11) is 0. The van der Waals surface area contributed by atoms with Gasteiger partial charge in [-0.05, 0) is 5.92 Å². The molecular weight excluding hydrogens is 176 g/mol. The Bertz CT molecular complexity index is 445. The molecule has 0 aliphatic rings. The van der Waals surface area contributed by atoms with Crippen LogP contribution in [-0.2, 0) is 6.42 Å². The maximum atomic E-state index is 5.64. The normalized spacial score (nSPS) is 11.4. The van der Waals surface area contributed by atoms with Crippen LogP contribution in [0.2, 0.25) is 0 Å². The van der Waals surface area contributed by atoms with Crippen molar-refractivity contribution in [2.24, 2.45) is 0 Å². The van der Waals surface area contributed by atoms with Crippen molar-refractivity contribution in [3.05, 3.63) is 23.7 Å². The summed E-state index contributed by atoms with van der Waals surface area (Å²) in [6, 6.07) is 0. The first kappa shape index (κ1) is 9.19. The van der Waals surface area contributed by atoms with E-state index < -0.39 is 0 Å². The number of rotatable bonds is 2. The Labute approximate surface area is 83.2 Å². The first-order valence-corrected chi connectivity index (χ1v) is 4.96. The highest BCUT2D eigenvalue weighted by atomic mass is 16.3. The number of hydrogen-bond donors (Lipinski definition) is 0. The molecule has 0 atom stereocenters. The fraction of sp³-hybridized carbons (Fsp3) is 0.455. The topological polar surface area (TPSA) is 38.9 Å². The summed E-state index contributed by atoms with van der Waals surface area (Å²) in [5, 5.41) is 0. The van der Waals surface area contributed by atoms with Crippen LogP contribution in [0.4, 0.5) is 0 Å². The molecule has 0 aliphatic heterocycles. The molecule has 0 aliphatic carbocycles. The Balaban J connectivity index is 2.74. The van der Waals surface area contributed by atoms with Gasteiger partial charge in [-0.1, -0.05) is 20.8 Å². The standard InChI is InChI=1S/C11H14N2O/c1-4-8-9(7(2)3)10-11(14-8)13-6-5-12-10/h5-7H,4H2,1-3H3. The molecule has 0 saturated heterocycles. The molecule has 0 fully saturated rings. The van der Waals surface area contributed by atoms with E-state index in [1.807, 2.05) is 0 Å². The Kier molecular flexibility index (Phi) is 2.23.